The number of hydrogen-bond acceptors (Lipinski definition) is 2. The molecule has 0 aliphatic heterocycles. The fourth-order valence-corrected chi connectivity index (χ4v) is 2.10. The average Bonchev–Trinajstić information content (AvgIpc) is 2.37. The molecule has 1 atom stereocenters. The summed E-state index contributed by atoms with van der Waals surface area (Å²) in [6.45, 7) is 7.06. The van der Waals surface area contributed by atoms with Crippen molar-refractivity contribution in [2.75, 3.05) is 11.9 Å². The number of benzene rings is 1. The Bertz CT molecular complexity index is 421. The quantitative estimate of drug-likeness (QED) is 0.791. The molecule has 4 heteroatoms. The van der Waals surface area contributed by atoms with Crippen LogP contribution in [0.1, 0.15) is 50.4 Å². The van der Waals surface area contributed by atoms with Gasteiger partial charge >= 0.3 is 0 Å². The highest BCUT2D eigenvalue weighted by Crippen LogP contribution is 2.21. The van der Waals surface area contributed by atoms with Gasteiger partial charge in [-0.15, -0.1) is 0 Å². The van der Waals surface area contributed by atoms with Crippen molar-refractivity contribution in [2.24, 2.45) is 0 Å². The maximum absolute atomic E-state index is 12.3. The molecular formula is C15H23ClN2O. The first-order valence-electron chi connectivity index (χ1n) is 6.92. The maximum atomic E-state index is 12.3. The van der Waals surface area contributed by atoms with E-state index in [1.165, 1.54) is 0 Å². The molecule has 0 aromatic heterocycles. The van der Waals surface area contributed by atoms with E-state index in [1.807, 2.05) is 13.0 Å². The second kappa shape index (κ2) is 8.05. The number of nitrogens with one attached hydrogen (secondary N) is 2. The van der Waals surface area contributed by atoms with Crippen LogP contribution in [0.2, 0.25) is 5.02 Å². The lowest BCUT2D eigenvalue weighted by atomic mass is 10.1. The molecule has 1 unspecified atom stereocenters. The SMILES string of the molecule is CCCNc1ccc(Cl)cc1C(=O)NC(C)CCC. The summed E-state index contributed by atoms with van der Waals surface area (Å²) in [5.41, 5.74) is 1.45. The van der Waals surface area contributed by atoms with Gasteiger partial charge in [0.25, 0.3) is 5.91 Å². The van der Waals surface area contributed by atoms with E-state index in [0.29, 0.717) is 10.6 Å². The van der Waals surface area contributed by atoms with Crippen LogP contribution >= 0.6 is 11.6 Å². The lowest BCUT2D eigenvalue weighted by Gasteiger charge is -2.16. The minimum Gasteiger partial charge on any atom is -0.384 e. The molecule has 2 N–H and O–H groups in total. The third-order valence-corrected chi connectivity index (χ3v) is 3.13. The lowest BCUT2D eigenvalue weighted by molar-refractivity contribution is 0.0939. The van der Waals surface area contributed by atoms with Gasteiger partial charge in [-0.1, -0.05) is 31.9 Å². The number of amides is 1. The van der Waals surface area contributed by atoms with Gasteiger partial charge in [-0.05, 0) is 38.0 Å². The van der Waals surface area contributed by atoms with Crippen LogP contribution in [0, 0.1) is 0 Å². The van der Waals surface area contributed by atoms with Crippen LogP contribution in [0.4, 0.5) is 5.69 Å². The number of rotatable bonds is 7. The Labute approximate surface area is 120 Å². The summed E-state index contributed by atoms with van der Waals surface area (Å²) in [5.74, 6) is -0.0675. The summed E-state index contributed by atoms with van der Waals surface area (Å²) in [6.07, 6.45) is 3.04. The molecule has 0 saturated heterocycles. The van der Waals surface area contributed by atoms with E-state index < -0.39 is 0 Å². The lowest BCUT2D eigenvalue weighted by Crippen LogP contribution is -2.32. The van der Waals surface area contributed by atoms with Gasteiger partial charge in [-0.25, -0.2) is 0 Å². The summed E-state index contributed by atoms with van der Waals surface area (Å²) >= 11 is 5.98. The largest absolute Gasteiger partial charge is 0.384 e. The summed E-state index contributed by atoms with van der Waals surface area (Å²) in [4.78, 5) is 12.3. The molecule has 0 fully saturated rings. The van der Waals surface area contributed by atoms with Gasteiger partial charge in [0.2, 0.25) is 0 Å². The number of carbonyl (C=O) groups excluding carboxylic acids is 1. The molecule has 0 radical (unpaired) electrons. The van der Waals surface area contributed by atoms with Crippen LogP contribution in [0.25, 0.3) is 0 Å². The maximum Gasteiger partial charge on any atom is 0.253 e. The zero-order chi connectivity index (χ0) is 14.3. The van der Waals surface area contributed by atoms with Gasteiger partial charge in [0.05, 0.1) is 5.56 Å². The molecule has 106 valence electrons. The van der Waals surface area contributed by atoms with Crippen molar-refractivity contribution in [1.29, 1.82) is 0 Å². The number of halogens is 1. The van der Waals surface area contributed by atoms with E-state index in [1.54, 1.807) is 12.1 Å². The zero-order valence-electron chi connectivity index (χ0n) is 11.9. The molecule has 19 heavy (non-hydrogen) atoms. The first-order chi connectivity index (χ1) is 9.08. The van der Waals surface area contributed by atoms with Gasteiger partial charge in [0.1, 0.15) is 0 Å². The summed E-state index contributed by atoms with van der Waals surface area (Å²) in [7, 11) is 0. The highest BCUT2D eigenvalue weighted by atomic mass is 35.5. The topological polar surface area (TPSA) is 41.1 Å². The number of anilines is 1. The van der Waals surface area contributed by atoms with E-state index in [4.69, 9.17) is 11.6 Å². The van der Waals surface area contributed by atoms with E-state index >= 15 is 0 Å². The van der Waals surface area contributed by atoms with Crippen molar-refractivity contribution >= 4 is 23.2 Å². The molecule has 1 aromatic carbocycles. The van der Waals surface area contributed by atoms with Crippen molar-refractivity contribution in [3.8, 4) is 0 Å². The molecule has 0 spiro atoms. The normalized spacial score (nSPS) is 12.0. The Kier molecular flexibility index (Phi) is 6.71. The highest BCUT2D eigenvalue weighted by Gasteiger charge is 2.14. The van der Waals surface area contributed by atoms with Gasteiger partial charge in [0, 0.05) is 23.3 Å². The van der Waals surface area contributed by atoms with Gasteiger partial charge < -0.3 is 10.6 Å². The Morgan fingerprint density at radius 2 is 2.05 bits per heavy atom. The molecule has 0 saturated carbocycles. The second-order valence-corrected chi connectivity index (χ2v) is 5.22. The molecule has 0 aliphatic carbocycles. The third kappa shape index (κ3) is 5.11. The van der Waals surface area contributed by atoms with Crippen LogP contribution in [-0.4, -0.2) is 18.5 Å². The van der Waals surface area contributed by atoms with Crippen LogP contribution < -0.4 is 10.6 Å². The standard InChI is InChI=1S/C15H23ClN2O/c1-4-6-11(3)18-15(19)13-10-12(16)7-8-14(13)17-9-5-2/h7-8,10-11,17H,4-6,9H2,1-3H3,(H,18,19). The van der Waals surface area contributed by atoms with Crippen LogP contribution in [0.15, 0.2) is 18.2 Å². The van der Waals surface area contributed by atoms with Crippen molar-refractivity contribution in [2.45, 2.75) is 46.1 Å². The summed E-state index contributed by atoms with van der Waals surface area (Å²) in [6, 6.07) is 5.55. The second-order valence-electron chi connectivity index (χ2n) is 4.78. The highest BCUT2D eigenvalue weighted by molar-refractivity contribution is 6.31. The van der Waals surface area contributed by atoms with E-state index in [9.17, 15) is 4.79 Å². The monoisotopic (exact) mass is 282 g/mol. The Morgan fingerprint density at radius 1 is 1.32 bits per heavy atom. The molecule has 1 rings (SSSR count). The predicted molar refractivity (Wildman–Crippen MR) is 82.1 cm³/mol. The molecule has 1 aromatic rings. The minimum atomic E-state index is -0.0675. The van der Waals surface area contributed by atoms with Crippen molar-refractivity contribution in [1.82, 2.24) is 5.32 Å². The third-order valence-electron chi connectivity index (χ3n) is 2.89. The average molecular weight is 283 g/mol. The van der Waals surface area contributed by atoms with Gasteiger partial charge in [-0.3, -0.25) is 4.79 Å². The van der Waals surface area contributed by atoms with Crippen molar-refractivity contribution in [3.05, 3.63) is 28.8 Å². The van der Waals surface area contributed by atoms with E-state index in [-0.39, 0.29) is 11.9 Å². The Morgan fingerprint density at radius 3 is 2.68 bits per heavy atom. The van der Waals surface area contributed by atoms with Crippen LogP contribution in [0.5, 0.6) is 0 Å². The first kappa shape index (κ1) is 15.8. The number of carbonyl (C=O) groups is 1. The summed E-state index contributed by atoms with van der Waals surface area (Å²) < 4.78 is 0. The molecular weight excluding hydrogens is 260 g/mol. The molecule has 3 nitrogen and oxygen atoms in total. The van der Waals surface area contributed by atoms with E-state index in [0.717, 1.165) is 31.5 Å². The Balaban J connectivity index is 2.84. The molecule has 0 heterocycles. The smallest absolute Gasteiger partial charge is 0.253 e. The molecule has 0 bridgehead atoms. The van der Waals surface area contributed by atoms with Crippen molar-refractivity contribution in [3.63, 3.8) is 0 Å². The van der Waals surface area contributed by atoms with Crippen LogP contribution in [0.3, 0.4) is 0 Å². The van der Waals surface area contributed by atoms with Gasteiger partial charge in [0.15, 0.2) is 0 Å². The molecule has 1 amide bonds. The minimum absolute atomic E-state index is 0.0675. The zero-order valence-corrected chi connectivity index (χ0v) is 12.7. The Hall–Kier alpha value is -1.22. The fourth-order valence-electron chi connectivity index (χ4n) is 1.92. The summed E-state index contributed by atoms with van der Waals surface area (Å²) in [5, 5.41) is 6.84. The van der Waals surface area contributed by atoms with E-state index in [2.05, 4.69) is 24.5 Å². The predicted octanol–water partition coefficient (Wildman–Crippen LogP) is 4.08. The number of hydrogen-bond donors (Lipinski definition) is 2. The van der Waals surface area contributed by atoms with Crippen LogP contribution in [-0.2, 0) is 0 Å². The molecule has 0 aliphatic rings. The van der Waals surface area contributed by atoms with Gasteiger partial charge in [-0.2, -0.15) is 0 Å². The first-order valence-corrected chi connectivity index (χ1v) is 7.30. The van der Waals surface area contributed by atoms with Crippen molar-refractivity contribution < 1.29 is 4.79 Å². The fraction of sp³-hybridized carbons (Fsp3) is 0.533.